The topological polar surface area (TPSA) is 142 Å². The van der Waals surface area contributed by atoms with E-state index in [1.807, 2.05) is 18.2 Å². The molecule has 4 aromatic rings. The third kappa shape index (κ3) is 5.86. The molecular weight excluding hydrogens is 498 g/mol. The van der Waals surface area contributed by atoms with Crippen LogP contribution in [-0.2, 0) is 0 Å². The SMILES string of the molecule is CC(C)(O)COc1cc(-c2ccc(N3CCC(C)(CNC(=O)c4cocn4)CC3)nc2)c2c(C#N)cnn2c1. The molecule has 0 aromatic carbocycles. The fourth-order valence-electron chi connectivity index (χ4n) is 4.63. The molecule has 1 saturated heterocycles. The van der Waals surface area contributed by atoms with Crippen LogP contribution in [0.2, 0.25) is 0 Å². The van der Waals surface area contributed by atoms with Gasteiger partial charge in [-0.3, -0.25) is 4.79 Å². The number of anilines is 1. The fourth-order valence-corrected chi connectivity index (χ4v) is 4.63. The predicted molar refractivity (Wildman–Crippen MR) is 143 cm³/mol. The minimum atomic E-state index is -0.993. The summed E-state index contributed by atoms with van der Waals surface area (Å²) >= 11 is 0. The van der Waals surface area contributed by atoms with Gasteiger partial charge in [0, 0.05) is 37.0 Å². The van der Waals surface area contributed by atoms with Gasteiger partial charge in [-0.15, -0.1) is 0 Å². The van der Waals surface area contributed by atoms with E-state index in [1.165, 1.54) is 18.9 Å². The molecule has 2 N–H and O–H groups in total. The number of nitrogens with one attached hydrogen (secondary N) is 1. The average Bonchev–Trinajstić information content (AvgIpc) is 3.61. The first-order chi connectivity index (χ1) is 18.6. The number of ether oxygens (including phenoxy) is 1. The number of pyridine rings is 2. The first-order valence-electron chi connectivity index (χ1n) is 12.8. The van der Waals surface area contributed by atoms with Crippen LogP contribution >= 0.6 is 0 Å². The van der Waals surface area contributed by atoms with Gasteiger partial charge in [0.15, 0.2) is 12.1 Å². The summed E-state index contributed by atoms with van der Waals surface area (Å²) in [6, 6.07) is 8.02. The molecule has 0 unspecified atom stereocenters. The normalized spacial score (nSPS) is 15.2. The Bertz CT molecular complexity index is 1490. The van der Waals surface area contributed by atoms with E-state index >= 15 is 0 Å². The number of carbonyl (C=O) groups is 1. The molecule has 5 rings (SSSR count). The second-order valence-electron chi connectivity index (χ2n) is 10.9. The van der Waals surface area contributed by atoms with Crippen molar-refractivity contribution in [1.82, 2.24) is 24.9 Å². The maximum absolute atomic E-state index is 12.2. The number of aromatic nitrogens is 4. The van der Waals surface area contributed by atoms with Gasteiger partial charge in [0.1, 0.15) is 30.5 Å². The van der Waals surface area contributed by atoms with Crippen molar-refractivity contribution in [3.8, 4) is 22.9 Å². The van der Waals surface area contributed by atoms with E-state index < -0.39 is 5.60 Å². The number of aliphatic hydroxyl groups is 1. The minimum absolute atomic E-state index is 0.0271. The van der Waals surface area contributed by atoms with Crippen molar-refractivity contribution in [2.75, 3.05) is 31.1 Å². The van der Waals surface area contributed by atoms with Crippen molar-refractivity contribution < 1.29 is 19.1 Å². The standard InChI is InChI=1S/C28H31N7O4/c1-27(2,37)17-39-21-10-22(25-20(11-29)13-33-35(25)14-21)19-4-5-24(30-12-19)34-8-6-28(3,7-9-34)16-31-26(36)23-15-38-18-32-23/h4-5,10,12-15,18,37H,6-9,16-17H2,1-3H3,(H,31,36). The number of amides is 1. The zero-order valence-electron chi connectivity index (χ0n) is 22.2. The van der Waals surface area contributed by atoms with Crippen LogP contribution in [0.3, 0.4) is 0 Å². The van der Waals surface area contributed by atoms with Crippen molar-refractivity contribution in [3.63, 3.8) is 0 Å². The number of nitriles is 1. The number of fused-ring (bicyclic) bond motifs is 1. The summed E-state index contributed by atoms with van der Waals surface area (Å²) in [4.78, 5) is 23.1. The first kappa shape index (κ1) is 26.2. The summed E-state index contributed by atoms with van der Waals surface area (Å²) in [6.45, 7) is 7.83. The highest BCUT2D eigenvalue weighted by Gasteiger charge is 2.31. The van der Waals surface area contributed by atoms with Gasteiger partial charge in [0.25, 0.3) is 5.91 Å². The minimum Gasteiger partial charge on any atom is -0.489 e. The Balaban J connectivity index is 1.29. The monoisotopic (exact) mass is 529 g/mol. The average molecular weight is 530 g/mol. The molecule has 0 bridgehead atoms. The molecule has 11 heteroatoms. The molecule has 202 valence electrons. The van der Waals surface area contributed by atoms with Crippen molar-refractivity contribution in [1.29, 1.82) is 5.26 Å². The lowest BCUT2D eigenvalue weighted by Gasteiger charge is -2.40. The van der Waals surface area contributed by atoms with E-state index in [-0.39, 0.29) is 23.6 Å². The van der Waals surface area contributed by atoms with Gasteiger partial charge in [0.2, 0.25) is 0 Å². The molecule has 0 atom stereocenters. The zero-order chi connectivity index (χ0) is 27.6. The number of hydrogen-bond donors (Lipinski definition) is 2. The molecule has 0 radical (unpaired) electrons. The summed E-state index contributed by atoms with van der Waals surface area (Å²) in [5.74, 6) is 1.17. The molecule has 1 fully saturated rings. The summed E-state index contributed by atoms with van der Waals surface area (Å²) in [6.07, 6.45) is 9.41. The molecule has 1 aliphatic heterocycles. The highest BCUT2D eigenvalue weighted by Crippen LogP contribution is 2.34. The van der Waals surface area contributed by atoms with E-state index in [0.29, 0.717) is 23.4 Å². The summed E-state index contributed by atoms with van der Waals surface area (Å²) in [5, 5.41) is 27.0. The Morgan fingerprint density at radius 2 is 2.08 bits per heavy atom. The van der Waals surface area contributed by atoms with Gasteiger partial charge in [-0.25, -0.2) is 14.5 Å². The molecule has 0 aliphatic carbocycles. The van der Waals surface area contributed by atoms with Crippen LogP contribution in [0.15, 0.2) is 53.9 Å². The van der Waals surface area contributed by atoms with Crippen molar-refractivity contribution in [3.05, 3.63) is 60.7 Å². The second kappa shape index (κ2) is 10.4. The zero-order valence-corrected chi connectivity index (χ0v) is 22.2. The van der Waals surface area contributed by atoms with Gasteiger partial charge >= 0.3 is 0 Å². The van der Waals surface area contributed by atoms with Crippen LogP contribution in [0.5, 0.6) is 5.75 Å². The third-order valence-corrected chi connectivity index (χ3v) is 6.99. The van der Waals surface area contributed by atoms with Crippen LogP contribution in [0.4, 0.5) is 5.82 Å². The Morgan fingerprint density at radius 3 is 2.72 bits per heavy atom. The van der Waals surface area contributed by atoms with Gasteiger partial charge < -0.3 is 24.5 Å². The summed E-state index contributed by atoms with van der Waals surface area (Å²) in [7, 11) is 0. The molecule has 1 amide bonds. The van der Waals surface area contributed by atoms with Crippen molar-refractivity contribution >= 4 is 17.2 Å². The number of carbonyl (C=O) groups excluding carboxylic acids is 1. The van der Waals surface area contributed by atoms with E-state index in [2.05, 4.69) is 33.3 Å². The van der Waals surface area contributed by atoms with E-state index in [0.717, 1.165) is 42.9 Å². The molecule has 4 aromatic heterocycles. The summed E-state index contributed by atoms with van der Waals surface area (Å²) in [5.41, 5.74) is 1.98. The summed E-state index contributed by atoms with van der Waals surface area (Å²) < 4.78 is 12.3. The number of nitrogens with zero attached hydrogens (tertiary/aromatic N) is 6. The molecular formula is C28H31N7O4. The van der Waals surface area contributed by atoms with Crippen LogP contribution in [0, 0.1) is 16.7 Å². The molecule has 5 heterocycles. The maximum atomic E-state index is 12.2. The van der Waals surface area contributed by atoms with Gasteiger partial charge in [-0.05, 0) is 50.3 Å². The molecule has 0 spiro atoms. The lowest BCUT2D eigenvalue weighted by molar-refractivity contribution is 0.0283. The van der Waals surface area contributed by atoms with E-state index in [4.69, 9.17) is 14.1 Å². The lowest BCUT2D eigenvalue weighted by Crippen LogP contribution is -2.45. The van der Waals surface area contributed by atoms with Crippen LogP contribution in [0.25, 0.3) is 16.6 Å². The van der Waals surface area contributed by atoms with Crippen LogP contribution < -0.4 is 15.0 Å². The highest BCUT2D eigenvalue weighted by molar-refractivity contribution is 5.91. The quantitative estimate of drug-likeness (QED) is 0.351. The van der Waals surface area contributed by atoms with Crippen molar-refractivity contribution in [2.45, 2.75) is 39.2 Å². The highest BCUT2D eigenvalue weighted by atomic mass is 16.5. The first-order valence-corrected chi connectivity index (χ1v) is 12.8. The van der Waals surface area contributed by atoms with E-state index in [9.17, 15) is 15.2 Å². The Hall–Kier alpha value is -4.43. The number of rotatable bonds is 8. The largest absolute Gasteiger partial charge is 0.489 e. The molecule has 39 heavy (non-hydrogen) atoms. The smallest absolute Gasteiger partial charge is 0.273 e. The molecule has 0 saturated carbocycles. The van der Waals surface area contributed by atoms with Crippen molar-refractivity contribution in [2.24, 2.45) is 5.41 Å². The maximum Gasteiger partial charge on any atom is 0.273 e. The third-order valence-electron chi connectivity index (χ3n) is 6.99. The Morgan fingerprint density at radius 1 is 1.28 bits per heavy atom. The Kier molecular flexibility index (Phi) is 6.97. The second-order valence-corrected chi connectivity index (χ2v) is 10.9. The molecule has 1 aliphatic rings. The number of hydrogen-bond acceptors (Lipinski definition) is 9. The van der Waals surface area contributed by atoms with Gasteiger partial charge in [0.05, 0.1) is 29.1 Å². The van der Waals surface area contributed by atoms with Crippen LogP contribution in [-0.4, -0.2) is 62.4 Å². The number of piperidine rings is 1. The van der Waals surface area contributed by atoms with Crippen LogP contribution in [0.1, 0.15) is 49.7 Å². The molecule has 11 nitrogen and oxygen atoms in total. The fraction of sp³-hybridized carbons (Fsp3) is 0.393. The van der Waals surface area contributed by atoms with Gasteiger partial charge in [-0.2, -0.15) is 10.4 Å². The number of oxazole rings is 1. The van der Waals surface area contributed by atoms with E-state index in [1.54, 1.807) is 30.8 Å². The lowest BCUT2D eigenvalue weighted by atomic mass is 9.80. The van der Waals surface area contributed by atoms with Gasteiger partial charge in [-0.1, -0.05) is 6.92 Å². The Labute approximate surface area is 226 Å². The predicted octanol–water partition coefficient (Wildman–Crippen LogP) is 3.44.